The molecule has 4 heterocycles. The van der Waals surface area contributed by atoms with Gasteiger partial charge in [-0.25, -0.2) is 4.98 Å². The summed E-state index contributed by atoms with van der Waals surface area (Å²) in [6, 6.07) is 11.1. The molecule has 0 N–H and O–H groups in total. The maximum Gasteiger partial charge on any atom is 0.278 e. The Labute approximate surface area is 182 Å². The Hall–Kier alpha value is -2.82. The molecule has 4 aromatic heterocycles. The van der Waals surface area contributed by atoms with E-state index in [2.05, 4.69) is 10.3 Å². The number of hydrogen-bond acceptors (Lipinski definition) is 8. The molecule has 0 bridgehead atoms. The van der Waals surface area contributed by atoms with Crippen LogP contribution in [0.2, 0.25) is 0 Å². The second-order valence-electron chi connectivity index (χ2n) is 6.44. The van der Waals surface area contributed by atoms with E-state index >= 15 is 0 Å². The van der Waals surface area contributed by atoms with E-state index in [0.717, 1.165) is 10.4 Å². The van der Waals surface area contributed by atoms with Gasteiger partial charge in [0.2, 0.25) is 0 Å². The Bertz CT molecular complexity index is 1480. The summed E-state index contributed by atoms with van der Waals surface area (Å²) in [5.74, 6) is 0.220. The van der Waals surface area contributed by atoms with E-state index in [0.29, 0.717) is 32.8 Å². The SMILES string of the molecule is CCn1c(SCn2nnc3ccccc3c2=O)nc2scc(-c3cccs3)c2c1=O. The first-order chi connectivity index (χ1) is 14.7. The monoisotopic (exact) mass is 453 g/mol. The maximum atomic E-state index is 13.2. The van der Waals surface area contributed by atoms with Gasteiger partial charge in [-0.05, 0) is 30.5 Å². The van der Waals surface area contributed by atoms with Gasteiger partial charge in [-0.1, -0.05) is 35.2 Å². The number of thiophene rings is 2. The van der Waals surface area contributed by atoms with Crippen molar-refractivity contribution in [2.24, 2.45) is 0 Å². The van der Waals surface area contributed by atoms with Crippen LogP contribution >= 0.6 is 34.4 Å². The first kappa shape index (κ1) is 19.2. The molecule has 0 aliphatic carbocycles. The predicted molar refractivity (Wildman–Crippen MR) is 123 cm³/mol. The van der Waals surface area contributed by atoms with E-state index in [9.17, 15) is 9.59 Å². The molecule has 0 amide bonds. The number of rotatable bonds is 5. The Balaban J connectivity index is 1.55. The molecular weight excluding hydrogens is 438 g/mol. The minimum Gasteiger partial charge on any atom is -0.287 e. The molecule has 5 aromatic rings. The molecule has 0 aliphatic heterocycles. The molecule has 0 saturated heterocycles. The van der Waals surface area contributed by atoms with E-state index in [1.165, 1.54) is 27.8 Å². The first-order valence-electron chi connectivity index (χ1n) is 9.18. The molecule has 0 atom stereocenters. The third kappa shape index (κ3) is 3.17. The van der Waals surface area contributed by atoms with Gasteiger partial charge >= 0.3 is 0 Å². The fourth-order valence-electron chi connectivity index (χ4n) is 3.23. The highest BCUT2D eigenvalue weighted by Gasteiger charge is 2.17. The van der Waals surface area contributed by atoms with Gasteiger partial charge in [0, 0.05) is 22.4 Å². The normalized spacial score (nSPS) is 11.5. The van der Waals surface area contributed by atoms with E-state index in [-0.39, 0.29) is 17.0 Å². The highest BCUT2D eigenvalue weighted by molar-refractivity contribution is 7.98. The lowest BCUT2D eigenvalue weighted by atomic mass is 10.2. The molecule has 1 aromatic carbocycles. The molecule has 10 heteroatoms. The minimum absolute atomic E-state index is 0.0633. The second-order valence-corrected chi connectivity index (χ2v) is 9.15. The van der Waals surface area contributed by atoms with Crippen LogP contribution in [0.15, 0.2) is 61.9 Å². The third-order valence-electron chi connectivity index (χ3n) is 4.71. The van der Waals surface area contributed by atoms with Gasteiger partial charge < -0.3 is 0 Å². The van der Waals surface area contributed by atoms with Crippen LogP contribution in [-0.4, -0.2) is 24.5 Å². The molecule has 0 saturated carbocycles. The fourth-order valence-corrected chi connectivity index (χ4v) is 5.97. The summed E-state index contributed by atoms with van der Waals surface area (Å²) >= 11 is 4.37. The van der Waals surface area contributed by atoms with Crippen molar-refractivity contribution in [1.82, 2.24) is 24.5 Å². The van der Waals surface area contributed by atoms with Crippen molar-refractivity contribution < 1.29 is 0 Å². The molecular formula is C20H15N5O2S3. The Morgan fingerprint density at radius 2 is 1.93 bits per heavy atom. The zero-order valence-corrected chi connectivity index (χ0v) is 18.3. The van der Waals surface area contributed by atoms with Gasteiger partial charge in [0.25, 0.3) is 11.1 Å². The van der Waals surface area contributed by atoms with Crippen LogP contribution in [0.4, 0.5) is 0 Å². The molecule has 5 rings (SSSR count). The summed E-state index contributed by atoms with van der Waals surface area (Å²) < 4.78 is 2.95. The number of hydrogen-bond donors (Lipinski definition) is 0. The van der Waals surface area contributed by atoms with Gasteiger partial charge in [0.05, 0.1) is 16.6 Å². The van der Waals surface area contributed by atoms with Gasteiger partial charge in [0.1, 0.15) is 10.3 Å². The van der Waals surface area contributed by atoms with Crippen LogP contribution in [0.1, 0.15) is 6.92 Å². The maximum absolute atomic E-state index is 13.2. The van der Waals surface area contributed by atoms with Gasteiger partial charge in [-0.15, -0.1) is 27.8 Å². The highest BCUT2D eigenvalue weighted by Crippen LogP contribution is 2.34. The van der Waals surface area contributed by atoms with Crippen molar-refractivity contribution in [3.63, 3.8) is 0 Å². The van der Waals surface area contributed by atoms with Crippen molar-refractivity contribution in [2.45, 2.75) is 24.5 Å². The average Bonchev–Trinajstić information content (AvgIpc) is 3.43. The fraction of sp³-hybridized carbons (Fsp3) is 0.150. The van der Waals surface area contributed by atoms with Crippen LogP contribution in [-0.2, 0) is 12.4 Å². The Kier molecular flexibility index (Phi) is 4.97. The van der Waals surface area contributed by atoms with Crippen molar-refractivity contribution >= 4 is 55.6 Å². The Morgan fingerprint density at radius 3 is 2.73 bits per heavy atom. The van der Waals surface area contributed by atoms with E-state index in [4.69, 9.17) is 4.98 Å². The lowest BCUT2D eigenvalue weighted by Gasteiger charge is -2.10. The standard InChI is InChI=1S/C20H15N5O2S3/c1-2-24-19(27)16-13(15-8-5-9-28-15)10-29-17(16)21-20(24)30-11-25-18(26)12-6-3-4-7-14(12)22-23-25/h3-10H,2,11H2,1H3. The van der Waals surface area contributed by atoms with Crippen LogP contribution in [0.5, 0.6) is 0 Å². The summed E-state index contributed by atoms with van der Waals surface area (Å²) in [5.41, 5.74) is 1.22. The van der Waals surface area contributed by atoms with Crippen molar-refractivity contribution in [2.75, 3.05) is 0 Å². The quantitative estimate of drug-likeness (QED) is 0.295. The van der Waals surface area contributed by atoms with Crippen LogP contribution < -0.4 is 11.1 Å². The van der Waals surface area contributed by atoms with Crippen LogP contribution in [0.25, 0.3) is 31.6 Å². The minimum atomic E-state index is -0.212. The molecule has 150 valence electrons. The molecule has 7 nitrogen and oxygen atoms in total. The first-order valence-corrected chi connectivity index (χ1v) is 11.9. The molecule has 30 heavy (non-hydrogen) atoms. The third-order valence-corrected chi connectivity index (χ3v) is 7.43. The van der Waals surface area contributed by atoms with Crippen molar-refractivity contribution in [3.05, 3.63) is 67.9 Å². The smallest absolute Gasteiger partial charge is 0.278 e. The lowest BCUT2D eigenvalue weighted by molar-refractivity contribution is 0.620. The molecule has 0 radical (unpaired) electrons. The number of thioether (sulfide) groups is 1. The molecule has 0 unspecified atom stereocenters. The van der Waals surface area contributed by atoms with Crippen LogP contribution in [0.3, 0.4) is 0 Å². The number of benzene rings is 1. The highest BCUT2D eigenvalue weighted by atomic mass is 32.2. The zero-order chi connectivity index (χ0) is 20.7. The number of fused-ring (bicyclic) bond motifs is 2. The van der Waals surface area contributed by atoms with Gasteiger partial charge in [-0.2, -0.15) is 4.68 Å². The lowest BCUT2D eigenvalue weighted by Crippen LogP contribution is -2.25. The average molecular weight is 454 g/mol. The van der Waals surface area contributed by atoms with Crippen molar-refractivity contribution in [1.29, 1.82) is 0 Å². The van der Waals surface area contributed by atoms with E-state index in [1.807, 2.05) is 35.9 Å². The predicted octanol–water partition coefficient (Wildman–Crippen LogP) is 4.06. The summed E-state index contributed by atoms with van der Waals surface area (Å²) in [4.78, 5) is 32.4. The summed E-state index contributed by atoms with van der Waals surface area (Å²) in [6.45, 7) is 2.40. The van der Waals surface area contributed by atoms with Crippen LogP contribution in [0, 0.1) is 0 Å². The van der Waals surface area contributed by atoms with E-state index < -0.39 is 0 Å². The zero-order valence-electron chi connectivity index (χ0n) is 15.8. The summed E-state index contributed by atoms with van der Waals surface area (Å²) in [7, 11) is 0. The topological polar surface area (TPSA) is 82.7 Å². The van der Waals surface area contributed by atoms with Crippen molar-refractivity contribution in [3.8, 4) is 10.4 Å². The Morgan fingerprint density at radius 1 is 1.07 bits per heavy atom. The van der Waals surface area contributed by atoms with Gasteiger partial charge in [-0.3, -0.25) is 14.2 Å². The molecule has 0 fully saturated rings. The summed E-state index contributed by atoms with van der Waals surface area (Å²) in [5, 5.41) is 13.8. The van der Waals surface area contributed by atoms with E-state index in [1.54, 1.807) is 34.1 Å². The number of aromatic nitrogens is 5. The summed E-state index contributed by atoms with van der Waals surface area (Å²) in [6.07, 6.45) is 0. The van der Waals surface area contributed by atoms with Gasteiger partial charge in [0.15, 0.2) is 5.16 Å². The number of nitrogens with zero attached hydrogens (tertiary/aromatic N) is 5. The largest absolute Gasteiger partial charge is 0.287 e. The molecule has 0 spiro atoms. The molecule has 0 aliphatic rings. The second kappa shape index (κ2) is 7.78.